The van der Waals surface area contributed by atoms with Crippen LogP contribution in [-0.4, -0.2) is 44.9 Å². The Morgan fingerprint density at radius 2 is 1.79 bits per heavy atom. The molecule has 114 valence electrons. The molecular formula is C13H29N3O2S. The van der Waals surface area contributed by atoms with E-state index < -0.39 is 10.2 Å². The Hall–Kier alpha value is -0.170. The number of rotatable bonds is 7. The van der Waals surface area contributed by atoms with Gasteiger partial charge in [0.05, 0.1) is 0 Å². The summed E-state index contributed by atoms with van der Waals surface area (Å²) in [5, 5.41) is 3.31. The fraction of sp³-hybridized carbons (Fsp3) is 1.00. The SMILES string of the molecule is CC(C)CNS(=O)(=O)N(CC1CCNCC1)C(C)C. The Bertz CT molecular complexity index is 349. The van der Waals surface area contributed by atoms with Gasteiger partial charge in [0.15, 0.2) is 0 Å². The summed E-state index contributed by atoms with van der Waals surface area (Å²) in [7, 11) is -3.35. The van der Waals surface area contributed by atoms with Gasteiger partial charge < -0.3 is 5.32 Å². The van der Waals surface area contributed by atoms with Crippen LogP contribution in [0, 0.1) is 11.8 Å². The Kier molecular flexibility index (Phi) is 6.73. The maximum absolute atomic E-state index is 12.3. The first-order valence-electron chi connectivity index (χ1n) is 7.30. The minimum absolute atomic E-state index is 0.000419. The number of piperidine rings is 1. The second kappa shape index (κ2) is 7.57. The predicted molar refractivity (Wildman–Crippen MR) is 79.2 cm³/mol. The van der Waals surface area contributed by atoms with E-state index in [0.717, 1.165) is 25.9 Å². The average Bonchev–Trinajstić information content (AvgIpc) is 2.34. The lowest BCUT2D eigenvalue weighted by atomic mass is 9.98. The van der Waals surface area contributed by atoms with Crippen molar-refractivity contribution in [3.05, 3.63) is 0 Å². The molecule has 0 spiro atoms. The van der Waals surface area contributed by atoms with Crippen molar-refractivity contribution in [1.82, 2.24) is 14.3 Å². The summed E-state index contributed by atoms with van der Waals surface area (Å²) in [5.74, 6) is 0.793. The van der Waals surface area contributed by atoms with Crippen LogP contribution in [0.1, 0.15) is 40.5 Å². The largest absolute Gasteiger partial charge is 0.317 e. The number of nitrogens with zero attached hydrogens (tertiary/aromatic N) is 1. The maximum Gasteiger partial charge on any atom is 0.279 e. The molecule has 1 heterocycles. The Morgan fingerprint density at radius 3 is 2.26 bits per heavy atom. The molecule has 1 fully saturated rings. The first-order chi connectivity index (χ1) is 8.83. The highest BCUT2D eigenvalue weighted by Gasteiger charge is 2.28. The molecule has 6 heteroatoms. The Morgan fingerprint density at radius 1 is 1.21 bits per heavy atom. The van der Waals surface area contributed by atoms with Crippen LogP contribution in [0.4, 0.5) is 0 Å². The van der Waals surface area contributed by atoms with Gasteiger partial charge in [0.1, 0.15) is 0 Å². The van der Waals surface area contributed by atoms with E-state index >= 15 is 0 Å². The van der Waals surface area contributed by atoms with Gasteiger partial charge in [0.25, 0.3) is 10.2 Å². The van der Waals surface area contributed by atoms with E-state index in [9.17, 15) is 8.42 Å². The zero-order valence-electron chi connectivity index (χ0n) is 12.6. The van der Waals surface area contributed by atoms with Crippen LogP contribution in [0.15, 0.2) is 0 Å². The summed E-state index contributed by atoms with van der Waals surface area (Å²) in [6.45, 7) is 11.0. The highest BCUT2D eigenvalue weighted by Crippen LogP contribution is 2.17. The molecule has 0 atom stereocenters. The summed E-state index contributed by atoms with van der Waals surface area (Å²) in [6, 6.07) is -0.000419. The average molecular weight is 291 g/mol. The van der Waals surface area contributed by atoms with Gasteiger partial charge in [-0.15, -0.1) is 0 Å². The van der Waals surface area contributed by atoms with E-state index in [1.165, 1.54) is 0 Å². The molecule has 5 nitrogen and oxygen atoms in total. The van der Waals surface area contributed by atoms with Crippen LogP contribution in [-0.2, 0) is 10.2 Å². The number of nitrogens with one attached hydrogen (secondary N) is 2. The molecule has 0 saturated carbocycles. The van der Waals surface area contributed by atoms with E-state index in [1.54, 1.807) is 4.31 Å². The first-order valence-corrected chi connectivity index (χ1v) is 8.74. The molecule has 0 bridgehead atoms. The maximum atomic E-state index is 12.3. The van der Waals surface area contributed by atoms with Crippen LogP contribution in [0.3, 0.4) is 0 Å². The molecule has 19 heavy (non-hydrogen) atoms. The Labute approximate surface area is 118 Å². The standard InChI is InChI=1S/C13H29N3O2S/c1-11(2)9-15-19(17,18)16(12(3)4)10-13-5-7-14-8-6-13/h11-15H,5-10H2,1-4H3. The van der Waals surface area contributed by atoms with Gasteiger partial charge in [0, 0.05) is 19.1 Å². The van der Waals surface area contributed by atoms with Crippen LogP contribution in [0.2, 0.25) is 0 Å². The smallest absolute Gasteiger partial charge is 0.279 e. The molecule has 1 aliphatic rings. The third kappa shape index (κ3) is 5.77. The summed E-state index contributed by atoms with van der Waals surface area (Å²) in [6.07, 6.45) is 2.12. The second-order valence-electron chi connectivity index (χ2n) is 6.10. The topological polar surface area (TPSA) is 61.4 Å². The van der Waals surface area contributed by atoms with Crippen LogP contribution in [0.5, 0.6) is 0 Å². The second-order valence-corrected chi connectivity index (χ2v) is 7.81. The van der Waals surface area contributed by atoms with Crippen molar-refractivity contribution in [2.24, 2.45) is 11.8 Å². The third-order valence-corrected chi connectivity index (χ3v) is 5.18. The fourth-order valence-corrected chi connectivity index (χ4v) is 3.93. The lowest BCUT2D eigenvalue weighted by molar-refractivity contribution is 0.258. The molecule has 0 amide bonds. The zero-order chi connectivity index (χ0) is 14.5. The molecule has 0 radical (unpaired) electrons. The van der Waals surface area contributed by atoms with E-state index in [2.05, 4.69) is 10.0 Å². The summed E-state index contributed by atoms with van der Waals surface area (Å²) in [5.41, 5.74) is 0. The lowest BCUT2D eigenvalue weighted by Gasteiger charge is -2.32. The molecule has 0 aromatic carbocycles. The number of hydrogen-bond donors (Lipinski definition) is 2. The van der Waals surface area contributed by atoms with Crippen molar-refractivity contribution < 1.29 is 8.42 Å². The zero-order valence-corrected chi connectivity index (χ0v) is 13.5. The molecule has 0 unspecified atom stereocenters. The number of hydrogen-bond acceptors (Lipinski definition) is 3. The molecule has 2 N–H and O–H groups in total. The normalized spacial score (nSPS) is 18.7. The molecular weight excluding hydrogens is 262 g/mol. The summed E-state index contributed by atoms with van der Waals surface area (Å²) in [4.78, 5) is 0. The van der Waals surface area contributed by atoms with E-state index in [0.29, 0.717) is 24.9 Å². The van der Waals surface area contributed by atoms with Crippen LogP contribution < -0.4 is 10.0 Å². The third-order valence-electron chi connectivity index (χ3n) is 3.46. The van der Waals surface area contributed by atoms with E-state index in [4.69, 9.17) is 0 Å². The van der Waals surface area contributed by atoms with Crippen molar-refractivity contribution in [2.75, 3.05) is 26.2 Å². The van der Waals surface area contributed by atoms with Crippen molar-refractivity contribution >= 4 is 10.2 Å². The van der Waals surface area contributed by atoms with Crippen LogP contribution >= 0.6 is 0 Å². The van der Waals surface area contributed by atoms with Gasteiger partial charge in [-0.2, -0.15) is 12.7 Å². The molecule has 1 saturated heterocycles. The first kappa shape index (κ1) is 16.9. The van der Waals surface area contributed by atoms with Crippen molar-refractivity contribution in [3.63, 3.8) is 0 Å². The summed E-state index contributed by atoms with van der Waals surface area (Å²) >= 11 is 0. The molecule has 0 aromatic heterocycles. The highest BCUT2D eigenvalue weighted by atomic mass is 32.2. The quantitative estimate of drug-likeness (QED) is 0.740. The van der Waals surface area contributed by atoms with Gasteiger partial charge in [-0.05, 0) is 51.6 Å². The van der Waals surface area contributed by atoms with Gasteiger partial charge in [-0.25, -0.2) is 4.72 Å². The predicted octanol–water partition coefficient (Wildman–Crippen LogP) is 1.19. The molecule has 1 aliphatic heterocycles. The Balaban J connectivity index is 2.64. The highest BCUT2D eigenvalue weighted by molar-refractivity contribution is 7.87. The van der Waals surface area contributed by atoms with Gasteiger partial charge >= 0.3 is 0 Å². The minimum atomic E-state index is -3.35. The van der Waals surface area contributed by atoms with Crippen molar-refractivity contribution in [2.45, 2.75) is 46.6 Å². The molecule has 0 aliphatic carbocycles. The minimum Gasteiger partial charge on any atom is -0.317 e. The molecule has 1 rings (SSSR count). The van der Waals surface area contributed by atoms with E-state index in [-0.39, 0.29) is 6.04 Å². The summed E-state index contributed by atoms with van der Waals surface area (Å²) < 4.78 is 29.0. The molecule has 0 aromatic rings. The van der Waals surface area contributed by atoms with Crippen molar-refractivity contribution in [1.29, 1.82) is 0 Å². The van der Waals surface area contributed by atoms with Gasteiger partial charge in [-0.1, -0.05) is 13.8 Å². The van der Waals surface area contributed by atoms with Gasteiger partial charge in [-0.3, -0.25) is 0 Å². The van der Waals surface area contributed by atoms with Crippen LogP contribution in [0.25, 0.3) is 0 Å². The lowest BCUT2D eigenvalue weighted by Crippen LogP contribution is -2.48. The van der Waals surface area contributed by atoms with E-state index in [1.807, 2.05) is 27.7 Å². The van der Waals surface area contributed by atoms with Gasteiger partial charge in [0.2, 0.25) is 0 Å². The van der Waals surface area contributed by atoms with Crippen molar-refractivity contribution in [3.8, 4) is 0 Å². The monoisotopic (exact) mass is 291 g/mol. The fourth-order valence-electron chi connectivity index (χ4n) is 2.26.